The van der Waals surface area contributed by atoms with Gasteiger partial charge in [-0.3, -0.25) is 0 Å². The highest BCUT2D eigenvalue weighted by molar-refractivity contribution is 5.84. The minimum atomic E-state index is -0.0790. The molecule has 0 unspecified atom stereocenters. The Labute approximate surface area is 159 Å². The number of anilines is 2. The van der Waals surface area contributed by atoms with Crippen LogP contribution in [0.25, 0.3) is 11.2 Å². The van der Waals surface area contributed by atoms with Crippen LogP contribution in [0.4, 0.5) is 11.8 Å². The zero-order valence-corrected chi connectivity index (χ0v) is 16.1. The van der Waals surface area contributed by atoms with E-state index in [0.717, 1.165) is 42.7 Å². The summed E-state index contributed by atoms with van der Waals surface area (Å²) in [5.41, 5.74) is 1.54. The van der Waals surface area contributed by atoms with E-state index in [1.807, 2.05) is 23.6 Å². The maximum absolute atomic E-state index is 9.48. The predicted octanol–water partition coefficient (Wildman–Crippen LogP) is 3.23. The molecule has 3 heterocycles. The Hall–Kier alpha value is -2.61. The van der Waals surface area contributed by atoms with E-state index in [1.165, 1.54) is 0 Å². The molecule has 0 radical (unpaired) electrons. The van der Waals surface area contributed by atoms with Gasteiger partial charge >= 0.3 is 0 Å². The Kier molecular flexibility index (Phi) is 6.28. The number of furan rings is 1. The van der Waals surface area contributed by atoms with Crippen molar-refractivity contribution >= 4 is 22.9 Å². The molecule has 0 aromatic carbocycles. The molecule has 0 amide bonds. The van der Waals surface area contributed by atoms with E-state index < -0.39 is 0 Å². The second kappa shape index (κ2) is 8.85. The third-order valence-corrected chi connectivity index (χ3v) is 4.50. The van der Waals surface area contributed by atoms with E-state index in [2.05, 4.69) is 39.4 Å². The number of aryl methyl sites for hydroxylation is 1. The van der Waals surface area contributed by atoms with Crippen molar-refractivity contribution < 1.29 is 9.52 Å². The van der Waals surface area contributed by atoms with Crippen LogP contribution in [0.3, 0.4) is 0 Å². The van der Waals surface area contributed by atoms with E-state index in [4.69, 9.17) is 4.42 Å². The van der Waals surface area contributed by atoms with E-state index in [0.29, 0.717) is 11.8 Å². The first kappa shape index (κ1) is 19.2. The lowest BCUT2D eigenvalue weighted by molar-refractivity contribution is 0.271. The van der Waals surface area contributed by atoms with Crippen molar-refractivity contribution in [3.05, 3.63) is 30.5 Å². The van der Waals surface area contributed by atoms with Gasteiger partial charge in [0, 0.05) is 19.0 Å². The van der Waals surface area contributed by atoms with Crippen molar-refractivity contribution in [2.75, 3.05) is 23.8 Å². The van der Waals surface area contributed by atoms with E-state index in [-0.39, 0.29) is 18.7 Å². The molecule has 0 saturated heterocycles. The Morgan fingerprint density at radius 1 is 1.30 bits per heavy atom. The Morgan fingerprint density at radius 2 is 2.15 bits per heavy atom. The van der Waals surface area contributed by atoms with Crippen LogP contribution in [-0.4, -0.2) is 43.8 Å². The average Bonchev–Trinajstić information content (AvgIpc) is 3.32. The summed E-state index contributed by atoms with van der Waals surface area (Å²) in [7, 11) is 0. The Morgan fingerprint density at radius 3 is 2.81 bits per heavy atom. The van der Waals surface area contributed by atoms with Gasteiger partial charge in [0.2, 0.25) is 5.95 Å². The van der Waals surface area contributed by atoms with Crippen molar-refractivity contribution in [1.29, 1.82) is 0 Å². The van der Waals surface area contributed by atoms with E-state index >= 15 is 0 Å². The van der Waals surface area contributed by atoms with Gasteiger partial charge in [0.15, 0.2) is 17.0 Å². The standard InChI is InChI=1S/C19H28N6O2/c1-4-14(11-26)22-19-23-17(20-9-5-7-15-8-6-10-27-15)16-18(24-19)25(12-21-16)13(2)3/h6,8,10,12-14,26H,4-5,7,9,11H2,1-3H3,(H2,20,22,23,24)/t14-/m1/s1. The van der Waals surface area contributed by atoms with Crippen molar-refractivity contribution in [1.82, 2.24) is 19.5 Å². The van der Waals surface area contributed by atoms with Crippen LogP contribution in [0.1, 0.15) is 45.4 Å². The average molecular weight is 372 g/mol. The van der Waals surface area contributed by atoms with E-state index in [9.17, 15) is 5.11 Å². The number of fused-ring (bicyclic) bond motifs is 1. The molecule has 0 aliphatic rings. The lowest BCUT2D eigenvalue weighted by atomic mass is 10.2. The zero-order chi connectivity index (χ0) is 19.2. The van der Waals surface area contributed by atoms with Crippen LogP contribution in [0.15, 0.2) is 29.1 Å². The number of aliphatic hydroxyl groups excluding tert-OH is 1. The van der Waals surface area contributed by atoms with Gasteiger partial charge in [-0.15, -0.1) is 0 Å². The molecule has 3 rings (SSSR count). The van der Waals surface area contributed by atoms with Gasteiger partial charge in [0.05, 0.1) is 25.2 Å². The number of aromatic nitrogens is 4. The van der Waals surface area contributed by atoms with Crippen LogP contribution in [0.2, 0.25) is 0 Å². The predicted molar refractivity (Wildman–Crippen MR) is 106 cm³/mol. The molecule has 27 heavy (non-hydrogen) atoms. The minimum absolute atomic E-state index is 0.0350. The Bertz CT molecular complexity index is 839. The molecule has 8 heteroatoms. The van der Waals surface area contributed by atoms with Crippen LogP contribution in [0, 0.1) is 0 Å². The van der Waals surface area contributed by atoms with E-state index in [1.54, 1.807) is 12.6 Å². The molecule has 0 fully saturated rings. The molecule has 3 N–H and O–H groups in total. The van der Waals surface area contributed by atoms with Gasteiger partial charge in [-0.05, 0) is 38.8 Å². The normalized spacial score (nSPS) is 12.6. The van der Waals surface area contributed by atoms with Gasteiger partial charge in [-0.2, -0.15) is 9.97 Å². The number of rotatable bonds is 10. The second-order valence-electron chi connectivity index (χ2n) is 6.86. The summed E-state index contributed by atoms with van der Waals surface area (Å²) < 4.78 is 7.39. The van der Waals surface area contributed by atoms with Crippen LogP contribution < -0.4 is 10.6 Å². The minimum Gasteiger partial charge on any atom is -0.469 e. The highest BCUT2D eigenvalue weighted by atomic mass is 16.3. The molecule has 1 atom stereocenters. The fraction of sp³-hybridized carbons (Fsp3) is 0.526. The number of imidazole rings is 1. The number of hydrogen-bond donors (Lipinski definition) is 3. The lowest BCUT2D eigenvalue weighted by Gasteiger charge is -2.16. The number of nitrogens with one attached hydrogen (secondary N) is 2. The summed E-state index contributed by atoms with van der Waals surface area (Å²) in [5.74, 6) is 2.18. The summed E-state index contributed by atoms with van der Waals surface area (Å²) in [4.78, 5) is 13.7. The monoisotopic (exact) mass is 372 g/mol. The van der Waals surface area contributed by atoms with Crippen molar-refractivity contribution in [2.24, 2.45) is 0 Å². The third kappa shape index (κ3) is 4.57. The van der Waals surface area contributed by atoms with Crippen molar-refractivity contribution in [3.63, 3.8) is 0 Å². The molecule has 0 aliphatic heterocycles. The quantitative estimate of drug-likeness (QED) is 0.470. The van der Waals surface area contributed by atoms with Crippen molar-refractivity contribution in [3.8, 4) is 0 Å². The topological polar surface area (TPSA) is 101 Å². The molecule has 0 aliphatic carbocycles. The van der Waals surface area contributed by atoms with Crippen LogP contribution in [0.5, 0.6) is 0 Å². The SMILES string of the molecule is CC[C@H](CO)Nc1nc(NCCCc2ccco2)c2ncn(C(C)C)c2n1. The highest BCUT2D eigenvalue weighted by Gasteiger charge is 2.16. The second-order valence-corrected chi connectivity index (χ2v) is 6.86. The van der Waals surface area contributed by atoms with Gasteiger partial charge in [-0.1, -0.05) is 6.92 Å². The van der Waals surface area contributed by atoms with Crippen LogP contribution in [-0.2, 0) is 6.42 Å². The molecule has 0 bridgehead atoms. The van der Waals surface area contributed by atoms with Gasteiger partial charge in [-0.25, -0.2) is 4.98 Å². The first-order chi connectivity index (χ1) is 13.1. The molecular weight excluding hydrogens is 344 g/mol. The highest BCUT2D eigenvalue weighted by Crippen LogP contribution is 2.23. The van der Waals surface area contributed by atoms with Crippen molar-refractivity contribution in [2.45, 2.75) is 52.1 Å². The molecule has 0 spiro atoms. The van der Waals surface area contributed by atoms with Gasteiger partial charge in [0.1, 0.15) is 5.76 Å². The molecular formula is C19H28N6O2. The molecule has 8 nitrogen and oxygen atoms in total. The fourth-order valence-electron chi connectivity index (χ4n) is 2.87. The number of hydrogen-bond acceptors (Lipinski definition) is 7. The summed E-state index contributed by atoms with van der Waals surface area (Å²) in [6, 6.07) is 4.04. The number of nitrogens with zero attached hydrogens (tertiary/aromatic N) is 4. The third-order valence-electron chi connectivity index (χ3n) is 4.50. The van der Waals surface area contributed by atoms with Crippen LogP contribution >= 0.6 is 0 Å². The first-order valence-corrected chi connectivity index (χ1v) is 9.50. The number of aliphatic hydroxyl groups is 1. The fourth-order valence-corrected chi connectivity index (χ4v) is 2.87. The molecule has 146 valence electrons. The summed E-state index contributed by atoms with van der Waals surface area (Å²) in [5, 5.41) is 16.1. The first-order valence-electron chi connectivity index (χ1n) is 9.50. The molecule has 0 saturated carbocycles. The molecule has 3 aromatic heterocycles. The maximum atomic E-state index is 9.48. The summed E-state index contributed by atoms with van der Waals surface area (Å²) >= 11 is 0. The zero-order valence-electron chi connectivity index (χ0n) is 16.1. The Balaban J connectivity index is 1.80. The van der Waals surface area contributed by atoms with Gasteiger partial charge in [0.25, 0.3) is 0 Å². The summed E-state index contributed by atoms with van der Waals surface area (Å²) in [6.07, 6.45) is 6.06. The lowest BCUT2D eigenvalue weighted by Crippen LogP contribution is -2.24. The molecule has 3 aromatic rings. The smallest absolute Gasteiger partial charge is 0.227 e. The largest absolute Gasteiger partial charge is 0.469 e. The maximum Gasteiger partial charge on any atom is 0.227 e. The van der Waals surface area contributed by atoms with Gasteiger partial charge < -0.3 is 24.7 Å². The summed E-state index contributed by atoms with van der Waals surface area (Å²) in [6.45, 7) is 6.98.